The van der Waals surface area contributed by atoms with E-state index < -0.39 is 0 Å². The first-order valence-electron chi connectivity index (χ1n) is 7.15. The van der Waals surface area contributed by atoms with Crippen molar-refractivity contribution in [1.29, 1.82) is 0 Å². The number of halogens is 1. The molecule has 2 heterocycles. The molecule has 1 aliphatic heterocycles. The number of hydrogen-bond donors (Lipinski definition) is 0. The van der Waals surface area contributed by atoms with Crippen LogP contribution in [0.2, 0.25) is 0 Å². The predicted octanol–water partition coefficient (Wildman–Crippen LogP) is 3.32. The van der Waals surface area contributed by atoms with Gasteiger partial charge in [-0.2, -0.15) is 0 Å². The fourth-order valence-electron chi connectivity index (χ4n) is 2.43. The Hall–Kier alpha value is -0.160. The molecule has 1 unspecified atom stereocenters. The summed E-state index contributed by atoms with van der Waals surface area (Å²) < 4.78 is 5.70. The van der Waals surface area contributed by atoms with Gasteiger partial charge in [0, 0.05) is 25.0 Å². The van der Waals surface area contributed by atoms with Crippen LogP contribution in [0.25, 0.3) is 0 Å². The van der Waals surface area contributed by atoms with Gasteiger partial charge in [-0.1, -0.05) is 6.92 Å². The molecule has 0 spiro atoms. The van der Waals surface area contributed by atoms with E-state index in [9.17, 15) is 0 Å². The van der Waals surface area contributed by atoms with E-state index >= 15 is 0 Å². The summed E-state index contributed by atoms with van der Waals surface area (Å²) in [4.78, 5) is 6.99. The van der Waals surface area contributed by atoms with Crippen LogP contribution in [0.5, 0.6) is 0 Å². The Labute approximate surface area is 124 Å². The normalized spacial score (nSPS) is 19.4. The van der Waals surface area contributed by atoms with Crippen LogP contribution in [0.1, 0.15) is 36.9 Å². The number of ether oxygens (including phenoxy) is 1. The van der Waals surface area contributed by atoms with Crippen LogP contribution in [-0.2, 0) is 17.0 Å². The number of alkyl halides is 1. The van der Waals surface area contributed by atoms with Crippen molar-refractivity contribution in [1.82, 2.24) is 9.88 Å². The van der Waals surface area contributed by atoms with Crippen molar-refractivity contribution in [3.63, 3.8) is 0 Å². The average Bonchev–Trinajstić information content (AvgIpc) is 3.08. The highest BCUT2D eigenvalue weighted by Crippen LogP contribution is 2.15. The summed E-state index contributed by atoms with van der Waals surface area (Å²) in [5.74, 6) is 0.524. The monoisotopic (exact) mass is 302 g/mol. The van der Waals surface area contributed by atoms with E-state index in [1.165, 1.54) is 17.8 Å². The molecular weight excluding hydrogens is 280 g/mol. The Morgan fingerprint density at radius 3 is 3.11 bits per heavy atom. The second kappa shape index (κ2) is 8.20. The van der Waals surface area contributed by atoms with Gasteiger partial charge < -0.3 is 9.64 Å². The first kappa shape index (κ1) is 15.2. The fourth-order valence-corrected chi connectivity index (χ4v) is 3.50. The van der Waals surface area contributed by atoms with Crippen molar-refractivity contribution in [2.75, 3.05) is 26.2 Å². The zero-order valence-corrected chi connectivity index (χ0v) is 13.2. The first-order valence-corrected chi connectivity index (χ1v) is 8.56. The second-order valence-electron chi connectivity index (χ2n) is 5.00. The largest absolute Gasteiger partial charge is 0.377 e. The van der Waals surface area contributed by atoms with Crippen LogP contribution in [0.4, 0.5) is 0 Å². The van der Waals surface area contributed by atoms with Crippen molar-refractivity contribution in [2.24, 2.45) is 0 Å². The van der Waals surface area contributed by atoms with Crippen molar-refractivity contribution in [3.05, 3.63) is 16.1 Å². The van der Waals surface area contributed by atoms with Crippen LogP contribution in [0.3, 0.4) is 0 Å². The predicted molar refractivity (Wildman–Crippen MR) is 81.1 cm³/mol. The molecule has 1 fully saturated rings. The van der Waals surface area contributed by atoms with Gasteiger partial charge in [-0.25, -0.2) is 4.98 Å². The smallest absolute Gasteiger partial charge is 0.0929 e. The quantitative estimate of drug-likeness (QED) is 0.689. The van der Waals surface area contributed by atoms with Gasteiger partial charge in [0.1, 0.15) is 0 Å². The highest BCUT2D eigenvalue weighted by molar-refractivity contribution is 7.09. The molecule has 0 aromatic carbocycles. The number of aryl methyl sites for hydroxylation is 1. The lowest BCUT2D eigenvalue weighted by molar-refractivity contribution is 0.0745. The Kier molecular flexibility index (Phi) is 6.57. The molecule has 1 aromatic rings. The molecule has 5 heteroatoms. The molecule has 0 amide bonds. The lowest BCUT2D eigenvalue weighted by Crippen LogP contribution is -2.33. The zero-order valence-electron chi connectivity index (χ0n) is 11.6. The lowest BCUT2D eigenvalue weighted by atomic mass is 10.2. The van der Waals surface area contributed by atoms with Gasteiger partial charge in [0.25, 0.3) is 0 Å². The third kappa shape index (κ3) is 5.03. The molecule has 108 valence electrons. The third-order valence-electron chi connectivity index (χ3n) is 3.53. The van der Waals surface area contributed by atoms with Gasteiger partial charge in [-0.3, -0.25) is 0 Å². The fraction of sp³-hybridized carbons (Fsp3) is 0.786. The molecule has 1 saturated heterocycles. The number of hydrogen-bond acceptors (Lipinski definition) is 4. The van der Waals surface area contributed by atoms with Crippen LogP contribution in [-0.4, -0.2) is 42.2 Å². The zero-order chi connectivity index (χ0) is 13.5. The average molecular weight is 303 g/mol. The summed E-state index contributed by atoms with van der Waals surface area (Å²) in [5, 5.41) is 3.27. The van der Waals surface area contributed by atoms with Gasteiger partial charge in [0.15, 0.2) is 0 Å². The first-order chi connectivity index (χ1) is 9.31. The van der Waals surface area contributed by atoms with E-state index in [1.54, 1.807) is 11.3 Å². The number of nitrogens with zero attached hydrogens (tertiary/aromatic N) is 2. The van der Waals surface area contributed by atoms with Crippen LogP contribution in [0.15, 0.2) is 5.38 Å². The lowest BCUT2D eigenvalue weighted by Gasteiger charge is -2.23. The number of thiazole rings is 1. The van der Waals surface area contributed by atoms with Crippen LogP contribution < -0.4 is 0 Å². The van der Waals surface area contributed by atoms with E-state index in [2.05, 4.69) is 22.2 Å². The number of likely N-dealkylation sites (N-methyl/N-ethyl adjacent to an activating group) is 1. The van der Waals surface area contributed by atoms with E-state index in [0.29, 0.717) is 12.0 Å². The molecule has 1 aromatic heterocycles. The van der Waals surface area contributed by atoms with Crippen molar-refractivity contribution in [3.8, 4) is 0 Å². The maximum absolute atomic E-state index is 5.76. The highest BCUT2D eigenvalue weighted by atomic mass is 35.5. The summed E-state index contributed by atoms with van der Waals surface area (Å²) in [6.07, 6.45) is 5.13. The Morgan fingerprint density at radius 2 is 2.47 bits per heavy atom. The highest BCUT2D eigenvalue weighted by Gasteiger charge is 2.18. The SMILES string of the molecule is CCN(CCCc1nc(CCl)cs1)CC1CCCO1. The minimum absolute atomic E-state index is 0.461. The number of aromatic nitrogens is 1. The van der Waals surface area contributed by atoms with E-state index in [1.807, 2.05) is 0 Å². The molecule has 0 aliphatic carbocycles. The van der Waals surface area contributed by atoms with E-state index in [4.69, 9.17) is 16.3 Å². The maximum Gasteiger partial charge on any atom is 0.0929 e. The summed E-state index contributed by atoms with van der Waals surface area (Å²) in [6, 6.07) is 0. The maximum atomic E-state index is 5.76. The van der Waals surface area contributed by atoms with Gasteiger partial charge in [0.05, 0.1) is 22.7 Å². The summed E-state index contributed by atoms with van der Waals surface area (Å²) in [6.45, 7) is 6.49. The van der Waals surface area contributed by atoms with Crippen molar-refractivity contribution in [2.45, 2.75) is 44.6 Å². The molecule has 3 nitrogen and oxygen atoms in total. The molecular formula is C14H23ClN2OS. The molecule has 0 bridgehead atoms. The molecule has 1 atom stereocenters. The third-order valence-corrected chi connectivity index (χ3v) is 4.77. The topological polar surface area (TPSA) is 25.4 Å². The molecule has 19 heavy (non-hydrogen) atoms. The van der Waals surface area contributed by atoms with Crippen molar-refractivity contribution >= 4 is 22.9 Å². The minimum Gasteiger partial charge on any atom is -0.377 e. The van der Waals surface area contributed by atoms with E-state index in [0.717, 1.165) is 44.8 Å². The van der Waals surface area contributed by atoms with Crippen LogP contribution >= 0.6 is 22.9 Å². The summed E-state index contributed by atoms with van der Waals surface area (Å²) >= 11 is 7.49. The van der Waals surface area contributed by atoms with Gasteiger partial charge >= 0.3 is 0 Å². The standard InChI is InChI=1S/C14H23ClN2OS/c1-2-17(10-13-5-4-8-18-13)7-3-6-14-16-12(9-15)11-19-14/h11,13H,2-10H2,1H3. The summed E-state index contributed by atoms with van der Waals surface area (Å²) in [7, 11) is 0. The second-order valence-corrected chi connectivity index (χ2v) is 6.21. The Balaban J connectivity index is 1.67. The molecule has 0 N–H and O–H groups in total. The Morgan fingerprint density at radius 1 is 1.58 bits per heavy atom. The minimum atomic E-state index is 0.461. The van der Waals surface area contributed by atoms with Gasteiger partial charge in [-0.05, 0) is 32.4 Å². The summed E-state index contributed by atoms with van der Waals surface area (Å²) in [5.41, 5.74) is 1.01. The number of rotatable bonds is 8. The van der Waals surface area contributed by atoms with Gasteiger partial charge in [-0.15, -0.1) is 22.9 Å². The van der Waals surface area contributed by atoms with Crippen LogP contribution in [0, 0.1) is 0 Å². The van der Waals surface area contributed by atoms with Gasteiger partial charge in [0.2, 0.25) is 0 Å². The van der Waals surface area contributed by atoms with E-state index in [-0.39, 0.29) is 0 Å². The van der Waals surface area contributed by atoms with Crippen molar-refractivity contribution < 1.29 is 4.74 Å². The molecule has 0 radical (unpaired) electrons. The Bertz CT molecular complexity index is 366. The molecule has 1 aliphatic rings. The molecule has 2 rings (SSSR count). The molecule has 0 saturated carbocycles.